The van der Waals surface area contributed by atoms with Crippen molar-refractivity contribution >= 4 is 17.7 Å². The zero-order valence-corrected chi connectivity index (χ0v) is 10.3. The number of carbonyl (C=O) groups excluding carboxylic acids is 1. The van der Waals surface area contributed by atoms with E-state index in [9.17, 15) is 4.79 Å². The maximum atomic E-state index is 11.8. The van der Waals surface area contributed by atoms with Crippen LogP contribution in [0.2, 0.25) is 0 Å². The van der Waals surface area contributed by atoms with Crippen LogP contribution in [-0.2, 0) is 4.79 Å². The average Bonchev–Trinajstić information content (AvgIpc) is 2.83. The Kier molecular flexibility index (Phi) is 3.88. The lowest BCUT2D eigenvalue weighted by molar-refractivity contribution is -0.129. The molecule has 0 spiro atoms. The first kappa shape index (κ1) is 11.5. The Hall–Kier alpha value is -0.970. The van der Waals surface area contributed by atoms with E-state index >= 15 is 0 Å². The number of aromatic nitrogens is 2. The lowest BCUT2D eigenvalue weighted by atomic mass is 9.95. The largest absolute Gasteiger partial charge is 0.341 e. The summed E-state index contributed by atoms with van der Waals surface area (Å²) in [6, 6.07) is 2.01. The van der Waals surface area contributed by atoms with Crippen molar-refractivity contribution in [2.24, 2.45) is 0 Å². The predicted molar refractivity (Wildman–Crippen MR) is 65.5 cm³/mol. The molecule has 0 saturated carbocycles. The number of hydrogen-bond donors (Lipinski definition) is 1. The van der Waals surface area contributed by atoms with Crippen molar-refractivity contribution in [2.75, 3.05) is 25.1 Å². The number of amides is 1. The van der Waals surface area contributed by atoms with Gasteiger partial charge in [-0.3, -0.25) is 9.89 Å². The van der Waals surface area contributed by atoms with Crippen LogP contribution in [0.25, 0.3) is 0 Å². The van der Waals surface area contributed by atoms with Gasteiger partial charge in [-0.2, -0.15) is 16.9 Å². The average molecular weight is 239 g/mol. The van der Waals surface area contributed by atoms with Gasteiger partial charge in [0.2, 0.25) is 5.91 Å². The van der Waals surface area contributed by atoms with Gasteiger partial charge in [-0.05, 0) is 25.2 Å². The third-order valence-electron chi connectivity index (χ3n) is 3.00. The number of hydrogen-bond acceptors (Lipinski definition) is 3. The molecule has 2 heterocycles. The highest BCUT2D eigenvalue weighted by atomic mass is 32.2. The SMILES string of the molecule is CSCC(=O)N1CCCC(c2ccn[nH]2)C1. The Bertz CT molecular complexity index is 339. The van der Waals surface area contributed by atoms with E-state index in [2.05, 4.69) is 10.2 Å². The summed E-state index contributed by atoms with van der Waals surface area (Å²) in [5.41, 5.74) is 1.15. The second-order valence-corrected chi connectivity index (χ2v) is 4.99. The van der Waals surface area contributed by atoms with Crippen LogP contribution in [0.4, 0.5) is 0 Å². The molecule has 1 saturated heterocycles. The molecule has 1 fully saturated rings. The summed E-state index contributed by atoms with van der Waals surface area (Å²) in [7, 11) is 0. The number of aromatic amines is 1. The van der Waals surface area contributed by atoms with Crippen molar-refractivity contribution in [3.05, 3.63) is 18.0 Å². The molecule has 16 heavy (non-hydrogen) atoms. The molecule has 0 aromatic carbocycles. The third-order valence-corrected chi connectivity index (χ3v) is 3.54. The minimum atomic E-state index is 0.261. The van der Waals surface area contributed by atoms with Gasteiger partial charge in [-0.1, -0.05) is 0 Å². The Morgan fingerprint density at radius 1 is 1.75 bits per heavy atom. The highest BCUT2D eigenvalue weighted by molar-refractivity contribution is 7.99. The van der Waals surface area contributed by atoms with E-state index in [1.165, 1.54) is 0 Å². The molecule has 1 aromatic rings. The maximum Gasteiger partial charge on any atom is 0.232 e. The smallest absolute Gasteiger partial charge is 0.232 e. The van der Waals surface area contributed by atoms with Gasteiger partial charge in [0, 0.05) is 30.9 Å². The van der Waals surface area contributed by atoms with Crippen LogP contribution in [0.5, 0.6) is 0 Å². The maximum absolute atomic E-state index is 11.8. The zero-order chi connectivity index (χ0) is 11.4. The molecule has 0 aliphatic carbocycles. The molecule has 0 radical (unpaired) electrons. The minimum absolute atomic E-state index is 0.261. The van der Waals surface area contributed by atoms with Crippen molar-refractivity contribution in [3.8, 4) is 0 Å². The van der Waals surface area contributed by atoms with Crippen molar-refractivity contribution in [3.63, 3.8) is 0 Å². The third kappa shape index (κ3) is 2.58. The standard InChI is InChI=1S/C11H17N3OS/c1-16-8-11(15)14-6-2-3-9(7-14)10-4-5-12-13-10/h4-5,9H,2-3,6-8H2,1H3,(H,12,13). The van der Waals surface area contributed by atoms with E-state index in [4.69, 9.17) is 0 Å². The molecule has 1 atom stereocenters. The minimum Gasteiger partial charge on any atom is -0.341 e. The second-order valence-electron chi connectivity index (χ2n) is 4.12. The van der Waals surface area contributed by atoms with E-state index in [-0.39, 0.29) is 5.91 Å². The Balaban J connectivity index is 1.96. The number of carbonyl (C=O) groups is 1. The fraction of sp³-hybridized carbons (Fsp3) is 0.636. The lowest BCUT2D eigenvalue weighted by Gasteiger charge is -2.32. The summed E-state index contributed by atoms with van der Waals surface area (Å²) >= 11 is 1.59. The first-order chi connectivity index (χ1) is 7.81. The fourth-order valence-electron chi connectivity index (χ4n) is 2.17. The van der Waals surface area contributed by atoms with Crippen LogP contribution in [0.15, 0.2) is 12.3 Å². The summed E-state index contributed by atoms with van der Waals surface area (Å²) in [6.07, 6.45) is 5.97. The molecule has 1 aromatic heterocycles. The van der Waals surface area contributed by atoms with Crippen LogP contribution in [0.1, 0.15) is 24.5 Å². The van der Waals surface area contributed by atoms with Crippen LogP contribution in [-0.4, -0.2) is 46.1 Å². The highest BCUT2D eigenvalue weighted by Gasteiger charge is 2.24. The van der Waals surface area contributed by atoms with E-state index in [0.29, 0.717) is 11.7 Å². The number of likely N-dealkylation sites (tertiary alicyclic amines) is 1. The molecule has 0 bridgehead atoms. The van der Waals surface area contributed by atoms with Gasteiger partial charge >= 0.3 is 0 Å². The van der Waals surface area contributed by atoms with Crippen molar-refractivity contribution in [1.29, 1.82) is 0 Å². The molecule has 1 amide bonds. The Morgan fingerprint density at radius 3 is 3.31 bits per heavy atom. The number of rotatable bonds is 3. The van der Waals surface area contributed by atoms with E-state index in [1.807, 2.05) is 17.2 Å². The molecular formula is C11H17N3OS. The quantitative estimate of drug-likeness (QED) is 0.869. The molecule has 4 nitrogen and oxygen atoms in total. The predicted octanol–water partition coefficient (Wildman–Crippen LogP) is 1.48. The van der Waals surface area contributed by atoms with Gasteiger partial charge in [0.15, 0.2) is 0 Å². The molecule has 1 aliphatic rings. The topological polar surface area (TPSA) is 49.0 Å². The number of piperidine rings is 1. The molecular weight excluding hydrogens is 222 g/mol. The van der Waals surface area contributed by atoms with Crippen molar-refractivity contribution in [1.82, 2.24) is 15.1 Å². The van der Waals surface area contributed by atoms with E-state index < -0.39 is 0 Å². The van der Waals surface area contributed by atoms with Crippen molar-refractivity contribution < 1.29 is 4.79 Å². The highest BCUT2D eigenvalue weighted by Crippen LogP contribution is 2.25. The summed E-state index contributed by atoms with van der Waals surface area (Å²) < 4.78 is 0. The first-order valence-electron chi connectivity index (χ1n) is 5.57. The van der Waals surface area contributed by atoms with Gasteiger partial charge in [-0.15, -0.1) is 0 Å². The molecule has 88 valence electrons. The fourth-order valence-corrected chi connectivity index (χ4v) is 2.60. The van der Waals surface area contributed by atoms with E-state index in [1.54, 1.807) is 18.0 Å². The Labute approximate surface area is 99.8 Å². The first-order valence-corrected chi connectivity index (χ1v) is 6.96. The van der Waals surface area contributed by atoms with Gasteiger partial charge < -0.3 is 4.90 Å². The monoisotopic (exact) mass is 239 g/mol. The van der Waals surface area contributed by atoms with Gasteiger partial charge in [-0.25, -0.2) is 0 Å². The van der Waals surface area contributed by atoms with Gasteiger partial charge in [0.05, 0.1) is 5.75 Å². The van der Waals surface area contributed by atoms with Crippen LogP contribution >= 0.6 is 11.8 Å². The van der Waals surface area contributed by atoms with Crippen LogP contribution < -0.4 is 0 Å². The number of nitrogens with zero attached hydrogens (tertiary/aromatic N) is 2. The van der Waals surface area contributed by atoms with E-state index in [0.717, 1.165) is 31.6 Å². The van der Waals surface area contributed by atoms with Gasteiger partial charge in [0.25, 0.3) is 0 Å². The number of nitrogens with one attached hydrogen (secondary N) is 1. The number of thioether (sulfide) groups is 1. The van der Waals surface area contributed by atoms with Gasteiger partial charge in [0.1, 0.15) is 0 Å². The van der Waals surface area contributed by atoms with Crippen molar-refractivity contribution in [2.45, 2.75) is 18.8 Å². The zero-order valence-electron chi connectivity index (χ0n) is 9.48. The normalized spacial score (nSPS) is 21.1. The Morgan fingerprint density at radius 2 is 2.62 bits per heavy atom. The summed E-state index contributed by atoms with van der Waals surface area (Å²) in [5, 5.41) is 6.98. The number of H-pyrrole nitrogens is 1. The van der Waals surface area contributed by atoms with Crippen LogP contribution in [0, 0.1) is 0 Å². The second kappa shape index (κ2) is 5.39. The molecule has 5 heteroatoms. The lowest BCUT2D eigenvalue weighted by Crippen LogP contribution is -2.40. The molecule has 1 N–H and O–H groups in total. The summed E-state index contributed by atoms with van der Waals surface area (Å²) in [5.74, 6) is 1.29. The molecule has 1 unspecified atom stereocenters. The summed E-state index contributed by atoms with van der Waals surface area (Å²) in [4.78, 5) is 13.8. The molecule has 1 aliphatic heterocycles. The van der Waals surface area contributed by atoms with Crippen LogP contribution in [0.3, 0.4) is 0 Å². The summed E-state index contributed by atoms with van der Waals surface area (Å²) in [6.45, 7) is 1.74. The molecule has 2 rings (SSSR count).